The number of nitrogens with zero attached hydrogens (tertiary/aromatic N) is 1. The number of quaternary nitrogens is 1. The molecular weight excluding hydrogens is 338 g/mol. The molecule has 0 spiro atoms. The van der Waals surface area contributed by atoms with Crippen LogP contribution in [-0.2, 0) is 0 Å². The maximum absolute atomic E-state index is 3.56. The molecule has 0 heterocycles. The van der Waals surface area contributed by atoms with E-state index < -0.39 is 0 Å². The highest BCUT2D eigenvalue weighted by Crippen LogP contribution is 2.11. The average Bonchev–Trinajstić information content (AvgIpc) is 1.80. The van der Waals surface area contributed by atoms with Crippen molar-refractivity contribution in [2.24, 2.45) is 0 Å². The van der Waals surface area contributed by atoms with Gasteiger partial charge in [0.2, 0.25) is 0 Å². The quantitative estimate of drug-likeness (QED) is 0.275. The molecule has 0 aromatic carbocycles. The topological polar surface area (TPSA) is 0 Å². The Balaban J connectivity index is 0. The minimum absolute atomic E-state index is 0. The highest BCUT2D eigenvalue weighted by molar-refractivity contribution is 9.09. The number of halogens is 3. The lowest BCUT2D eigenvalue weighted by molar-refractivity contribution is -0.872. The average molecular weight is 352 g/mol. The molecule has 0 aromatic heterocycles. The Kier molecular flexibility index (Phi) is 8.84. The molecule has 0 bridgehead atoms. The van der Waals surface area contributed by atoms with Gasteiger partial charge in [-0.2, -0.15) is 0 Å². The van der Waals surface area contributed by atoms with Gasteiger partial charge in [0, 0.05) is 5.33 Å². The summed E-state index contributed by atoms with van der Waals surface area (Å²) < 4.78 is 0.906. The van der Waals surface area contributed by atoms with E-state index in [0.717, 1.165) is 9.81 Å². The van der Waals surface area contributed by atoms with Crippen LogP contribution in [0.4, 0.5) is 0 Å². The van der Waals surface area contributed by atoms with Gasteiger partial charge in [-0.25, -0.2) is 0 Å². The minimum Gasteiger partial charge on any atom is -1.00 e. The molecule has 0 aliphatic rings. The molecule has 1 unspecified atom stereocenters. The third kappa shape index (κ3) is 7.50. The molecule has 0 aromatic rings. The molecule has 0 radical (unpaired) electrons. The Morgan fingerprint density at radius 2 is 1.82 bits per heavy atom. The highest BCUT2D eigenvalue weighted by atomic mass is 79.9. The fourth-order valence-corrected chi connectivity index (χ4v) is 0.854. The van der Waals surface area contributed by atoms with Crippen molar-refractivity contribution in [1.82, 2.24) is 0 Å². The van der Waals surface area contributed by atoms with E-state index in [1.54, 1.807) is 0 Å². The van der Waals surface area contributed by atoms with Gasteiger partial charge in [0.1, 0.15) is 0 Å². The molecule has 11 heavy (non-hydrogen) atoms. The first-order valence-corrected chi connectivity index (χ1v) is 5.20. The van der Waals surface area contributed by atoms with E-state index in [9.17, 15) is 0 Å². The van der Waals surface area contributed by atoms with Crippen LogP contribution in [0.2, 0.25) is 0 Å². The van der Waals surface area contributed by atoms with Gasteiger partial charge in [-0.3, -0.25) is 0 Å². The summed E-state index contributed by atoms with van der Waals surface area (Å²) in [6, 6.07) is 0. The summed E-state index contributed by atoms with van der Waals surface area (Å²) in [4.78, 5) is 0.407. The van der Waals surface area contributed by atoms with Crippen molar-refractivity contribution in [3.05, 3.63) is 12.2 Å². The first-order valence-electron chi connectivity index (χ1n) is 3.16. The van der Waals surface area contributed by atoms with Crippen LogP contribution in [-0.4, -0.2) is 35.9 Å². The summed E-state index contributed by atoms with van der Waals surface area (Å²) in [7, 11) is 6.45. The van der Waals surface area contributed by atoms with Crippen LogP contribution in [0.25, 0.3) is 0 Å². The van der Waals surface area contributed by atoms with Crippen molar-refractivity contribution in [3.63, 3.8) is 0 Å². The summed E-state index contributed by atoms with van der Waals surface area (Å²) in [5.74, 6) is 0. The smallest absolute Gasteiger partial charge is 0.162 e. The third-order valence-electron chi connectivity index (χ3n) is 1.12. The largest absolute Gasteiger partial charge is 1.00 e. The molecule has 0 N–H and O–H groups in total. The van der Waals surface area contributed by atoms with Crippen molar-refractivity contribution in [3.8, 4) is 0 Å². The Hall–Kier alpha value is 1.14. The molecule has 0 saturated carbocycles. The van der Waals surface area contributed by atoms with Crippen molar-refractivity contribution >= 4 is 31.9 Å². The standard InChI is InChI=1S/C7H14Br2N.BrH/c1-10(2,3)7(9)5-4-6-8;/h4-5,7H,6H2,1-3H3;1H/q+1;/p-1. The molecule has 1 nitrogen and oxygen atoms in total. The molecule has 1 atom stereocenters. The summed E-state index contributed by atoms with van der Waals surface area (Å²) in [6.07, 6.45) is 4.25. The van der Waals surface area contributed by atoms with Gasteiger partial charge in [0.15, 0.2) is 4.95 Å². The van der Waals surface area contributed by atoms with Gasteiger partial charge in [0.25, 0.3) is 0 Å². The number of allylic oxidation sites excluding steroid dienone is 1. The normalized spacial score (nSPS) is 14.6. The van der Waals surface area contributed by atoms with Gasteiger partial charge in [0.05, 0.1) is 21.1 Å². The number of hydrogen-bond donors (Lipinski definition) is 0. The van der Waals surface area contributed by atoms with Gasteiger partial charge in [-0.05, 0) is 22.0 Å². The molecule has 0 aliphatic heterocycles. The zero-order valence-electron chi connectivity index (χ0n) is 7.02. The monoisotopic (exact) mass is 349 g/mol. The predicted molar refractivity (Wildman–Crippen MR) is 53.7 cm³/mol. The molecule has 4 heteroatoms. The first-order chi connectivity index (χ1) is 4.48. The fraction of sp³-hybridized carbons (Fsp3) is 0.714. The number of alkyl halides is 2. The second-order valence-electron chi connectivity index (χ2n) is 3.07. The lowest BCUT2D eigenvalue weighted by atomic mass is 10.4. The third-order valence-corrected chi connectivity index (χ3v) is 3.03. The highest BCUT2D eigenvalue weighted by Gasteiger charge is 2.15. The van der Waals surface area contributed by atoms with E-state index >= 15 is 0 Å². The molecule has 0 amide bonds. The van der Waals surface area contributed by atoms with Crippen molar-refractivity contribution in [2.75, 3.05) is 26.5 Å². The van der Waals surface area contributed by atoms with E-state index in [2.05, 4.69) is 65.2 Å². The van der Waals surface area contributed by atoms with E-state index in [-0.39, 0.29) is 17.0 Å². The second-order valence-corrected chi connectivity index (χ2v) is 4.66. The number of rotatable bonds is 3. The van der Waals surface area contributed by atoms with Crippen molar-refractivity contribution in [2.45, 2.75) is 4.95 Å². The summed E-state index contributed by atoms with van der Waals surface area (Å²) in [5, 5.41) is 0.926. The summed E-state index contributed by atoms with van der Waals surface area (Å²) in [6.45, 7) is 0. The maximum Gasteiger partial charge on any atom is 0.162 e. The molecule has 0 rings (SSSR count). The lowest BCUT2D eigenvalue weighted by Gasteiger charge is -2.27. The molecule has 68 valence electrons. The lowest BCUT2D eigenvalue weighted by Crippen LogP contribution is -3.00. The van der Waals surface area contributed by atoms with Crippen LogP contribution in [0.15, 0.2) is 12.2 Å². The predicted octanol–water partition coefficient (Wildman–Crippen LogP) is -0.631. The van der Waals surface area contributed by atoms with Gasteiger partial charge in [-0.1, -0.05) is 22.0 Å². The Morgan fingerprint density at radius 1 is 1.36 bits per heavy atom. The van der Waals surface area contributed by atoms with E-state index in [4.69, 9.17) is 0 Å². The molecule has 0 aliphatic carbocycles. The van der Waals surface area contributed by atoms with Crippen LogP contribution in [0.5, 0.6) is 0 Å². The van der Waals surface area contributed by atoms with Crippen LogP contribution < -0.4 is 17.0 Å². The fourth-order valence-electron chi connectivity index (χ4n) is 0.422. The Labute approximate surface area is 96.5 Å². The summed E-state index contributed by atoms with van der Waals surface area (Å²) in [5.41, 5.74) is 0. The van der Waals surface area contributed by atoms with Gasteiger partial charge < -0.3 is 21.5 Å². The SMILES string of the molecule is C[N+](C)(C)C(Br)C=CCBr.[Br-]. The number of hydrogen-bond acceptors (Lipinski definition) is 0. The second kappa shape index (κ2) is 6.63. The first kappa shape index (κ1) is 14.7. The number of likely N-dealkylation sites (N-methyl/N-ethyl adjacent to an activating group) is 1. The van der Waals surface area contributed by atoms with Crippen LogP contribution >= 0.6 is 31.9 Å². The van der Waals surface area contributed by atoms with Gasteiger partial charge in [-0.15, -0.1) is 0 Å². The van der Waals surface area contributed by atoms with Crippen molar-refractivity contribution < 1.29 is 21.5 Å². The van der Waals surface area contributed by atoms with E-state index in [0.29, 0.717) is 4.95 Å². The molecular formula is C7H14Br3N. The molecule has 0 saturated heterocycles. The van der Waals surface area contributed by atoms with Crippen LogP contribution in [0.1, 0.15) is 0 Å². The van der Waals surface area contributed by atoms with E-state index in [1.165, 1.54) is 0 Å². The Bertz CT molecular complexity index is 117. The van der Waals surface area contributed by atoms with Crippen LogP contribution in [0.3, 0.4) is 0 Å². The van der Waals surface area contributed by atoms with Crippen LogP contribution in [0, 0.1) is 0 Å². The van der Waals surface area contributed by atoms with E-state index in [1.807, 2.05) is 0 Å². The summed E-state index contributed by atoms with van der Waals surface area (Å²) >= 11 is 6.89. The van der Waals surface area contributed by atoms with Gasteiger partial charge >= 0.3 is 0 Å². The minimum atomic E-state index is 0. The zero-order chi connectivity index (χ0) is 8.20. The Morgan fingerprint density at radius 3 is 2.09 bits per heavy atom. The van der Waals surface area contributed by atoms with Crippen molar-refractivity contribution in [1.29, 1.82) is 0 Å². The zero-order valence-corrected chi connectivity index (χ0v) is 11.8. The maximum atomic E-state index is 3.56. The molecule has 0 fully saturated rings.